The summed E-state index contributed by atoms with van der Waals surface area (Å²) in [4.78, 5) is 25.8. The van der Waals surface area contributed by atoms with Gasteiger partial charge in [-0.1, -0.05) is 66.2 Å². The minimum Gasteiger partial charge on any atom is -0.471 e. The van der Waals surface area contributed by atoms with Crippen molar-refractivity contribution in [2.24, 2.45) is 0 Å². The molecule has 0 amide bonds. The number of pyridine rings is 3. The number of esters is 1. The molecule has 0 atom stereocenters. The SMILES string of the molecule is CC(=O)OCc1c[c-]c(-c2ccccn2)cc1.[Ir+3].[c-]1c(-c2ccccn2)sc2ccccc12.[c-]1c(-c2ccccn2)sc2ccccc12. The molecule has 5 nitrogen and oxygen atoms in total. The van der Waals surface area contributed by atoms with Crippen LogP contribution in [0.4, 0.5) is 0 Å². The molecule has 5 heterocycles. The Balaban J connectivity index is 0.000000140. The summed E-state index contributed by atoms with van der Waals surface area (Å²) >= 11 is 3.46. The fraction of sp³-hybridized carbons (Fsp3) is 0.0500. The van der Waals surface area contributed by atoms with Gasteiger partial charge in [-0.05, 0) is 43.0 Å². The molecule has 0 fully saturated rings. The molecule has 8 heteroatoms. The van der Waals surface area contributed by atoms with Gasteiger partial charge >= 0.3 is 26.1 Å². The van der Waals surface area contributed by atoms with Crippen molar-refractivity contribution in [3.8, 4) is 32.4 Å². The number of thiophene rings is 2. The molecule has 236 valence electrons. The topological polar surface area (TPSA) is 65.0 Å². The van der Waals surface area contributed by atoms with E-state index in [1.54, 1.807) is 28.9 Å². The first-order chi connectivity index (χ1) is 23.1. The van der Waals surface area contributed by atoms with E-state index >= 15 is 0 Å². The predicted octanol–water partition coefficient (Wildman–Crippen LogP) is 10.1. The second-order valence-corrected chi connectivity index (χ2v) is 12.2. The van der Waals surface area contributed by atoms with E-state index in [0.29, 0.717) is 0 Å². The van der Waals surface area contributed by atoms with Crippen LogP contribution in [0.25, 0.3) is 52.6 Å². The molecule has 0 saturated heterocycles. The first-order valence-electron chi connectivity index (χ1n) is 14.8. The molecule has 0 spiro atoms. The van der Waals surface area contributed by atoms with Crippen LogP contribution in [0.5, 0.6) is 0 Å². The van der Waals surface area contributed by atoms with Gasteiger partial charge in [0.25, 0.3) is 0 Å². The molecule has 0 aliphatic rings. The number of ether oxygens (including phenoxy) is 1. The van der Waals surface area contributed by atoms with Gasteiger partial charge in [-0.3, -0.25) is 4.79 Å². The Kier molecular flexibility index (Phi) is 12.5. The number of carbonyl (C=O) groups is 1. The quantitative estimate of drug-likeness (QED) is 0.128. The van der Waals surface area contributed by atoms with Crippen molar-refractivity contribution in [1.82, 2.24) is 15.0 Å². The van der Waals surface area contributed by atoms with Gasteiger partial charge in [0, 0.05) is 36.9 Å². The second-order valence-electron chi connectivity index (χ2n) is 10.1. The molecule has 0 unspecified atom stereocenters. The van der Waals surface area contributed by atoms with Crippen molar-refractivity contribution >= 4 is 48.8 Å². The summed E-state index contributed by atoms with van der Waals surface area (Å²) in [5, 5.41) is 2.34. The molecule has 0 aliphatic heterocycles. The molecule has 0 bridgehead atoms. The van der Waals surface area contributed by atoms with Crippen molar-refractivity contribution in [3.05, 3.63) is 164 Å². The number of carbonyl (C=O) groups excluding carboxylic acids is 1. The van der Waals surface area contributed by atoms with Crippen LogP contribution in [0, 0.1) is 18.2 Å². The van der Waals surface area contributed by atoms with E-state index in [0.717, 1.165) is 38.0 Å². The van der Waals surface area contributed by atoms with Gasteiger partial charge in [0.2, 0.25) is 0 Å². The molecular weight excluding hydrogens is 811 g/mol. The molecular formula is C40H28IrN3O2S2. The van der Waals surface area contributed by atoms with E-state index < -0.39 is 0 Å². The van der Waals surface area contributed by atoms with Crippen LogP contribution in [0.2, 0.25) is 0 Å². The summed E-state index contributed by atoms with van der Waals surface area (Å²) in [7, 11) is 0. The van der Waals surface area contributed by atoms with Crippen molar-refractivity contribution < 1.29 is 29.6 Å². The standard InChI is InChI=1S/C14H12NO2.2C13H8NS.Ir/c1-11(16)17-10-12-5-7-13(8-6-12)14-4-2-3-9-15-14;2*1-2-7-12-10(5-1)9-13(15-12)11-6-3-4-8-14-11;/h2-7,9H,10H2,1H3;2*1-8H;/q3*-1;+3. The van der Waals surface area contributed by atoms with Gasteiger partial charge < -0.3 is 19.7 Å². The third-order valence-electron chi connectivity index (χ3n) is 6.75. The Morgan fingerprint density at radius 1 is 0.625 bits per heavy atom. The minimum atomic E-state index is -0.279. The summed E-state index contributed by atoms with van der Waals surface area (Å²) in [6, 6.07) is 49.7. The van der Waals surface area contributed by atoms with Crippen LogP contribution < -0.4 is 0 Å². The third-order valence-corrected chi connectivity index (χ3v) is 8.93. The van der Waals surface area contributed by atoms with Crippen LogP contribution in [-0.4, -0.2) is 20.9 Å². The van der Waals surface area contributed by atoms with Crippen LogP contribution in [0.1, 0.15) is 12.5 Å². The average molecular weight is 839 g/mol. The van der Waals surface area contributed by atoms with Gasteiger partial charge in [0.1, 0.15) is 0 Å². The zero-order valence-corrected chi connectivity index (χ0v) is 29.8. The van der Waals surface area contributed by atoms with Crippen molar-refractivity contribution in [1.29, 1.82) is 0 Å². The number of fused-ring (bicyclic) bond motifs is 2. The Morgan fingerprint density at radius 3 is 1.52 bits per heavy atom. The maximum atomic E-state index is 10.7. The molecule has 5 aromatic heterocycles. The number of hydrogen-bond donors (Lipinski definition) is 0. The van der Waals surface area contributed by atoms with Gasteiger partial charge in [-0.2, -0.15) is 0 Å². The number of nitrogens with zero attached hydrogens (tertiary/aromatic N) is 3. The largest absolute Gasteiger partial charge is 3.00 e. The molecule has 0 saturated carbocycles. The van der Waals surface area contributed by atoms with Gasteiger partial charge in [-0.15, -0.1) is 77.0 Å². The van der Waals surface area contributed by atoms with Gasteiger partial charge in [-0.25, -0.2) is 22.7 Å². The normalized spacial score (nSPS) is 10.2. The zero-order chi connectivity index (χ0) is 32.3. The van der Waals surface area contributed by atoms with E-state index in [4.69, 9.17) is 4.74 Å². The molecule has 8 rings (SSSR count). The first-order valence-corrected chi connectivity index (χ1v) is 16.5. The smallest absolute Gasteiger partial charge is 0.471 e. The van der Waals surface area contributed by atoms with Crippen molar-refractivity contribution in [2.45, 2.75) is 13.5 Å². The Hall–Kier alpha value is -4.85. The average Bonchev–Trinajstić information content (AvgIpc) is 3.78. The van der Waals surface area contributed by atoms with Gasteiger partial charge in [0.05, 0.1) is 6.61 Å². The van der Waals surface area contributed by atoms with E-state index in [9.17, 15) is 4.79 Å². The van der Waals surface area contributed by atoms with E-state index in [1.165, 1.54) is 27.1 Å². The summed E-state index contributed by atoms with van der Waals surface area (Å²) in [5.41, 5.74) is 4.72. The van der Waals surface area contributed by atoms with E-state index in [-0.39, 0.29) is 32.7 Å². The fourth-order valence-electron chi connectivity index (χ4n) is 4.47. The summed E-state index contributed by atoms with van der Waals surface area (Å²) in [5.74, 6) is -0.279. The van der Waals surface area contributed by atoms with Crippen molar-refractivity contribution in [3.63, 3.8) is 0 Å². The number of hydrogen-bond acceptors (Lipinski definition) is 7. The maximum Gasteiger partial charge on any atom is 3.00 e. The molecule has 48 heavy (non-hydrogen) atoms. The minimum absolute atomic E-state index is 0. The fourth-order valence-corrected chi connectivity index (χ4v) is 6.44. The summed E-state index contributed by atoms with van der Waals surface area (Å²) in [6.07, 6.45) is 5.37. The van der Waals surface area contributed by atoms with E-state index in [2.05, 4.69) is 69.5 Å². The summed E-state index contributed by atoms with van der Waals surface area (Å²) < 4.78 is 7.42. The molecule has 0 N–H and O–H groups in total. The summed E-state index contributed by atoms with van der Waals surface area (Å²) in [6.45, 7) is 1.68. The maximum absolute atomic E-state index is 10.7. The van der Waals surface area contributed by atoms with Gasteiger partial charge in [0.15, 0.2) is 0 Å². The van der Waals surface area contributed by atoms with Crippen molar-refractivity contribution in [2.75, 3.05) is 0 Å². The van der Waals surface area contributed by atoms with Crippen LogP contribution >= 0.6 is 22.7 Å². The zero-order valence-electron chi connectivity index (χ0n) is 25.8. The Bertz CT molecular complexity index is 1990. The Labute approximate surface area is 301 Å². The monoisotopic (exact) mass is 839 g/mol. The number of benzene rings is 3. The molecule has 0 radical (unpaired) electrons. The predicted molar refractivity (Wildman–Crippen MR) is 192 cm³/mol. The molecule has 0 aliphatic carbocycles. The first kappa shape index (κ1) is 34.5. The van der Waals surface area contributed by atoms with Crippen LogP contribution in [0.3, 0.4) is 0 Å². The number of aromatic nitrogens is 3. The molecule has 8 aromatic rings. The Morgan fingerprint density at radius 2 is 1.10 bits per heavy atom. The van der Waals surface area contributed by atoms with Crippen LogP contribution in [-0.2, 0) is 36.2 Å². The molecule has 3 aromatic carbocycles. The van der Waals surface area contributed by atoms with Crippen LogP contribution in [0.15, 0.2) is 140 Å². The second kappa shape index (κ2) is 17.3. The van der Waals surface area contributed by atoms with E-state index in [1.807, 2.05) is 97.3 Å². The third kappa shape index (κ3) is 9.37. The number of rotatable bonds is 5.